The number of ketones is 1. The number of fused-ring (bicyclic) bond motifs is 1. The van der Waals surface area contributed by atoms with Gasteiger partial charge in [-0.1, -0.05) is 6.07 Å². The lowest BCUT2D eigenvalue weighted by atomic mass is 10.0. The van der Waals surface area contributed by atoms with Crippen LogP contribution in [0.15, 0.2) is 24.4 Å². The first-order valence-electron chi connectivity index (χ1n) is 6.64. The fourth-order valence-electron chi connectivity index (χ4n) is 2.11. The molecule has 0 saturated carbocycles. The summed E-state index contributed by atoms with van der Waals surface area (Å²) in [4.78, 5) is 14.9. The van der Waals surface area contributed by atoms with Crippen LogP contribution >= 0.6 is 0 Å². The standard InChI is InChI=1S/C15H16F3NO2/c1-9(2)21-13-5-3-4-11-14(13)10(8-19-11)12(20)6-7-15(16,17)18/h3-5,8-9,19H,6-7H2,1-2H3. The molecule has 0 saturated heterocycles. The highest BCUT2D eigenvalue weighted by Crippen LogP contribution is 2.31. The van der Waals surface area contributed by atoms with Gasteiger partial charge in [-0.2, -0.15) is 13.2 Å². The van der Waals surface area contributed by atoms with E-state index in [1.165, 1.54) is 6.20 Å². The van der Waals surface area contributed by atoms with Crippen molar-refractivity contribution in [3.63, 3.8) is 0 Å². The Labute approximate surface area is 120 Å². The molecule has 0 aliphatic heterocycles. The topological polar surface area (TPSA) is 42.1 Å². The zero-order chi connectivity index (χ0) is 15.6. The number of hydrogen-bond donors (Lipinski definition) is 1. The summed E-state index contributed by atoms with van der Waals surface area (Å²) in [7, 11) is 0. The second-order valence-electron chi connectivity index (χ2n) is 5.09. The highest BCUT2D eigenvalue weighted by Gasteiger charge is 2.29. The summed E-state index contributed by atoms with van der Waals surface area (Å²) in [6.45, 7) is 3.69. The summed E-state index contributed by atoms with van der Waals surface area (Å²) in [5.41, 5.74) is 0.911. The molecule has 2 aromatic rings. The Morgan fingerprint density at radius 2 is 2.05 bits per heavy atom. The summed E-state index contributed by atoms with van der Waals surface area (Å²) >= 11 is 0. The van der Waals surface area contributed by atoms with Crippen LogP contribution in [-0.4, -0.2) is 23.0 Å². The van der Waals surface area contributed by atoms with E-state index >= 15 is 0 Å². The third-order valence-corrected chi connectivity index (χ3v) is 2.97. The van der Waals surface area contributed by atoms with Gasteiger partial charge in [-0.15, -0.1) is 0 Å². The summed E-state index contributed by atoms with van der Waals surface area (Å²) in [6, 6.07) is 5.22. The van der Waals surface area contributed by atoms with Crippen LogP contribution in [0.4, 0.5) is 13.2 Å². The van der Waals surface area contributed by atoms with Gasteiger partial charge in [0.2, 0.25) is 0 Å². The molecule has 0 aliphatic carbocycles. The van der Waals surface area contributed by atoms with Gasteiger partial charge >= 0.3 is 6.18 Å². The number of carbonyl (C=O) groups is 1. The fourth-order valence-corrected chi connectivity index (χ4v) is 2.11. The Kier molecular flexibility index (Phi) is 4.25. The van der Waals surface area contributed by atoms with Gasteiger partial charge in [0.15, 0.2) is 5.78 Å². The summed E-state index contributed by atoms with van der Waals surface area (Å²) < 4.78 is 42.3. The maximum Gasteiger partial charge on any atom is 0.389 e. The molecule has 0 fully saturated rings. The minimum Gasteiger partial charge on any atom is -0.490 e. The Morgan fingerprint density at radius 3 is 2.67 bits per heavy atom. The molecule has 2 rings (SSSR count). The predicted molar refractivity (Wildman–Crippen MR) is 73.7 cm³/mol. The number of alkyl halides is 3. The van der Waals surface area contributed by atoms with E-state index in [-0.39, 0.29) is 11.7 Å². The molecule has 21 heavy (non-hydrogen) atoms. The van der Waals surface area contributed by atoms with Crippen LogP contribution in [0.2, 0.25) is 0 Å². The van der Waals surface area contributed by atoms with E-state index in [0.717, 1.165) is 0 Å². The number of Topliss-reactive ketones (excluding diaryl/α,β-unsaturated/α-hetero) is 1. The van der Waals surface area contributed by atoms with Crippen molar-refractivity contribution in [1.29, 1.82) is 0 Å². The molecule has 0 unspecified atom stereocenters. The number of rotatable bonds is 5. The second-order valence-corrected chi connectivity index (χ2v) is 5.09. The minimum absolute atomic E-state index is 0.0939. The van der Waals surface area contributed by atoms with E-state index in [4.69, 9.17) is 4.74 Å². The van der Waals surface area contributed by atoms with E-state index in [1.54, 1.807) is 18.2 Å². The van der Waals surface area contributed by atoms with Crippen LogP contribution in [0.1, 0.15) is 37.0 Å². The van der Waals surface area contributed by atoms with Crippen LogP contribution in [0.5, 0.6) is 5.75 Å². The number of aromatic amines is 1. The van der Waals surface area contributed by atoms with Crippen molar-refractivity contribution in [2.45, 2.75) is 39.0 Å². The Bertz CT molecular complexity index is 644. The molecule has 0 amide bonds. The molecule has 6 heteroatoms. The number of H-pyrrole nitrogens is 1. The molecule has 3 nitrogen and oxygen atoms in total. The highest BCUT2D eigenvalue weighted by atomic mass is 19.4. The molecule has 0 aliphatic rings. The molecule has 0 atom stereocenters. The van der Waals surface area contributed by atoms with Crippen LogP contribution in [0, 0.1) is 0 Å². The Hall–Kier alpha value is -1.98. The first-order valence-corrected chi connectivity index (χ1v) is 6.64. The van der Waals surface area contributed by atoms with Crippen molar-refractivity contribution in [1.82, 2.24) is 4.98 Å². The first kappa shape index (κ1) is 15.4. The van der Waals surface area contributed by atoms with E-state index in [9.17, 15) is 18.0 Å². The quantitative estimate of drug-likeness (QED) is 0.827. The molecule has 0 spiro atoms. The van der Waals surface area contributed by atoms with Crippen LogP contribution in [0.3, 0.4) is 0 Å². The zero-order valence-electron chi connectivity index (χ0n) is 11.8. The minimum atomic E-state index is -4.33. The molecular formula is C15H16F3NO2. The number of hydrogen-bond acceptors (Lipinski definition) is 2. The molecular weight excluding hydrogens is 283 g/mol. The Morgan fingerprint density at radius 1 is 1.33 bits per heavy atom. The lowest BCUT2D eigenvalue weighted by Crippen LogP contribution is -2.11. The third kappa shape index (κ3) is 3.77. The van der Waals surface area contributed by atoms with Gasteiger partial charge in [0, 0.05) is 23.7 Å². The smallest absolute Gasteiger partial charge is 0.389 e. The van der Waals surface area contributed by atoms with Gasteiger partial charge < -0.3 is 9.72 Å². The predicted octanol–water partition coefficient (Wildman–Crippen LogP) is 4.48. The van der Waals surface area contributed by atoms with Gasteiger partial charge in [-0.3, -0.25) is 4.79 Å². The number of nitrogens with one attached hydrogen (secondary N) is 1. The number of halogens is 3. The maximum atomic E-state index is 12.2. The largest absolute Gasteiger partial charge is 0.490 e. The number of ether oxygens (including phenoxy) is 1. The van der Waals surface area contributed by atoms with Crippen molar-refractivity contribution in [2.75, 3.05) is 0 Å². The van der Waals surface area contributed by atoms with E-state index < -0.39 is 24.8 Å². The molecule has 0 radical (unpaired) electrons. The third-order valence-electron chi connectivity index (χ3n) is 2.97. The second kappa shape index (κ2) is 5.79. The zero-order valence-corrected chi connectivity index (χ0v) is 11.8. The van der Waals surface area contributed by atoms with E-state index in [2.05, 4.69) is 4.98 Å². The lowest BCUT2D eigenvalue weighted by molar-refractivity contribution is -0.133. The monoisotopic (exact) mass is 299 g/mol. The summed E-state index contributed by atoms with van der Waals surface area (Å²) in [5, 5.41) is 0.540. The number of benzene rings is 1. The van der Waals surface area contributed by atoms with Crippen LogP contribution < -0.4 is 4.74 Å². The first-order chi connectivity index (χ1) is 9.78. The van der Waals surface area contributed by atoms with Crippen molar-refractivity contribution in [3.05, 3.63) is 30.0 Å². The van der Waals surface area contributed by atoms with Crippen molar-refractivity contribution < 1.29 is 22.7 Å². The molecule has 0 bridgehead atoms. The SMILES string of the molecule is CC(C)Oc1cccc2[nH]cc(C(=O)CCC(F)(F)F)c12. The average Bonchev–Trinajstić information content (AvgIpc) is 2.79. The molecule has 114 valence electrons. The fraction of sp³-hybridized carbons (Fsp3) is 0.400. The summed E-state index contributed by atoms with van der Waals surface area (Å²) in [5.74, 6) is -0.0440. The van der Waals surface area contributed by atoms with E-state index in [0.29, 0.717) is 16.7 Å². The number of aromatic nitrogens is 1. The van der Waals surface area contributed by atoms with Crippen LogP contribution in [0.25, 0.3) is 10.9 Å². The van der Waals surface area contributed by atoms with Crippen LogP contribution in [-0.2, 0) is 0 Å². The summed E-state index contributed by atoms with van der Waals surface area (Å²) in [6.07, 6.45) is -4.67. The molecule has 1 aromatic carbocycles. The van der Waals surface area contributed by atoms with Crippen molar-refractivity contribution in [3.8, 4) is 5.75 Å². The van der Waals surface area contributed by atoms with E-state index in [1.807, 2.05) is 13.8 Å². The van der Waals surface area contributed by atoms with Gasteiger partial charge in [-0.25, -0.2) is 0 Å². The van der Waals surface area contributed by atoms with Crippen molar-refractivity contribution in [2.24, 2.45) is 0 Å². The van der Waals surface area contributed by atoms with Crippen molar-refractivity contribution >= 4 is 16.7 Å². The normalized spacial score (nSPS) is 12.1. The number of carbonyl (C=O) groups excluding carboxylic acids is 1. The average molecular weight is 299 g/mol. The Balaban J connectivity index is 2.33. The highest BCUT2D eigenvalue weighted by molar-refractivity contribution is 6.10. The van der Waals surface area contributed by atoms with Gasteiger partial charge in [0.1, 0.15) is 5.75 Å². The lowest BCUT2D eigenvalue weighted by Gasteiger charge is -2.12. The maximum absolute atomic E-state index is 12.2. The van der Waals surface area contributed by atoms with Gasteiger partial charge in [0.25, 0.3) is 0 Å². The molecule has 1 heterocycles. The van der Waals surface area contributed by atoms with Gasteiger partial charge in [-0.05, 0) is 26.0 Å². The molecule has 1 aromatic heterocycles. The van der Waals surface area contributed by atoms with Gasteiger partial charge in [0.05, 0.1) is 17.9 Å². The molecule has 1 N–H and O–H groups in total.